The van der Waals surface area contributed by atoms with Crippen molar-refractivity contribution in [3.05, 3.63) is 0 Å². The van der Waals surface area contributed by atoms with Gasteiger partial charge < -0.3 is 9.84 Å². The van der Waals surface area contributed by atoms with E-state index in [4.69, 9.17) is 15.1 Å². The number of aliphatic hydroxyl groups excluding tert-OH is 1. The fraction of sp³-hybridized carbons (Fsp3) is 0.900. The van der Waals surface area contributed by atoms with Gasteiger partial charge in [0.25, 0.3) is 0 Å². The maximum Gasteiger partial charge on any atom is 0.159 e. The zero-order valence-electron chi connectivity index (χ0n) is 8.34. The quantitative estimate of drug-likeness (QED) is 0.720. The third-order valence-corrected chi connectivity index (χ3v) is 3.04. The standard InChI is InChI=1S/C10H17NO2/c1-9(2)4-3-5-10(9,8-11)13-7-6-12/h12H,3-7H2,1-2H3. The van der Waals surface area contributed by atoms with Crippen molar-refractivity contribution in [1.29, 1.82) is 5.26 Å². The van der Waals surface area contributed by atoms with Gasteiger partial charge in [0.05, 0.1) is 19.3 Å². The molecule has 0 heterocycles. The van der Waals surface area contributed by atoms with Crippen LogP contribution in [-0.4, -0.2) is 23.9 Å². The van der Waals surface area contributed by atoms with Gasteiger partial charge in [0.1, 0.15) is 0 Å². The first-order chi connectivity index (χ1) is 6.08. The van der Waals surface area contributed by atoms with Crippen molar-refractivity contribution < 1.29 is 9.84 Å². The van der Waals surface area contributed by atoms with Crippen LogP contribution in [0.1, 0.15) is 33.1 Å². The van der Waals surface area contributed by atoms with Crippen molar-refractivity contribution in [3.8, 4) is 6.07 Å². The second kappa shape index (κ2) is 3.65. The van der Waals surface area contributed by atoms with Gasteiger partial charge in [-0.25, -0.2) is 0 Å². The van der Waals surface area contributed by atoms with E-state index in [1.807, 2.05) is 0 Å². The molecule has 0 aliphatic heterocycles. The number of ether oxygens (including phenoxy) is 1. The molecule has 3 heteroatoms. The highest BCUT2D eigenvalue weighted by molar-refractivity contribution is 5.14. The van der Waals surface area contributed by atoms with Gasteiger partial charge in [0, 0.05) is 5.41 Å². The van der Waals surface area contributed by atoms with Crippen LogP contribution in [-0.2, 0) is 4.74 Å². The molecule has 0 aromatic carbocycles. The van der Waals surface area contributed by atoms with Crippen molar-refractivity contribution in [3.63, 3.8) is 0 Å². The molecule has 1 rings (SSSR count). The monoisotopic (exact) mass is 183 g/mol. The Bertz CT molecular complexity index is 219. The van der Waals surface area contributed by atoms with E-state index >= 15 is 0 Å². The van der Waals surface area contributed by atoms with Crippen molar-refractivity contribution in [2.45, 2.75) is 38.7 Å². The second-order valence-electron chi connectivity index (χ2n) is 4.25. The molecule has 1 atom stereocenters. The van der Waals surface area contributed by atoms with Crippen LogP contribution in [0.15, 0.2) is 0 Å². The summed E-state index contributed by atoms with van der Waals surface area (Å²) in [6.07, 6.45) is 2.84. The molecule has 1 unspecified atom stereocenters. The van der Waals surface area contributed by atoms with Gasteiger partial charge in [-0.15, -0.1) is 0 Å². The van der Waals surface area contributed by atoms with Gasteiger partial charge in [0.15, 0.2) is 5.60 Å². The molecule has 1 N–H and O–H groups in total. The smallest absolute Gasteiger partial charge is 0.159 e. The Hall–Kier alpha value is -0.590. The molecule has 1 saturated carbocycles. The van der Waals surface area contributed by atoms with E-state index in [0.717, 1.165) is 19.3 Å². The first-order valence-electron chi connectivity index (χ1n) is 4.74. The second-order valence-corrected chi connectivity index (χ2v) is 4.25. The lowest BCUT2D eigenvalue weighted by molar-refractivity contribution is -0.0731. The highest BCUT2D eigenvalue weighted by Gasteiger charge is 2.50. The first-order valence-corrected chi connectivity index (χ1v) is 4.74. The molecule has 0 bridgehead atoms. The summed E-state index contributed by atoms with van der Waals surface area (Å²) in [5, 5.41) is 17.8. The van der Waals surface area contributed by atoms with E-state index in [-0.39, 0.29) is 18.6 Å². The average Bonchev–Trinajstić information content (AvgIpc) is 2.38. The van der Waals surface area contributed by atoms with Gasteiger partial charge in [-0.2, -0.15) is 5.26 Å². The van der Waals surface area contributed by atoms with E-state index in [0.29, 0.717) is 0 Å². The largest absolute Gasteiger partial charge is 0.394 e. The lowest BCUT2D eigenvalue weighted by Crippen LogP contribution is -2.42. The molecular formula is C10H17NO2. The number of aliphatic hydroxyl groups is 1. The predicted octanol–water partition coefficient (Wildman–Crippen LogP) is 1.47. The highest BCUT2D eigenvalue weighted by Crippen LogP contribution is 2.47. The van der Waals surface area contributed by atoms with E-state index in [9.17, 15) is 0 Å². The Morgan fingerprint density at radius 2 is 2.15 bits per heavy atom. The minimum Gasteiger partial charge on any atom is -0.394 e. The topological polar surface area (TPSA) is 53.2 Å². The number of nitriles is 1. The van der Waals surface area contributed by atoms with Gasteiger partial charge in [-0.05, 0) is 19.3 Å². The maximum atomic E-state index is 9.12. The highest BCUT2D eigenvalue weighted by atomic mass is 16.5. The number of hydrogen-bond donors (Lipinski definition) is 1. The molecule has 1 fully saturated rings. The Morgan fingerprint density at radius 3 is 2.54 bits per heavy atom. The van der Waals surface area contributed by atoms with Crippen LogP contribution in [0.2, 0.25) is 0 Å². The third kappa shape index (κ3) is 1.70. The number of rotatable bonds is 3. The predicted molar refractivity (Wildman–Crippen MR) is 49.0 cm³/mol. The molecular weight excluding hydrogens is 166 g/mol. The summed E-state index contributed by atoms with van der Waals surface area (Å²) in [6, 6.07) is 2.27. The zero-order valence-corrected chi connectivity index (χ0v) is 8.34. The molecule has 1 aliphatic rings. The van der Waals surface area contributed by atoms with Crippen LogP contribution in [0.5, 0.6) is 0 Å². The Labute approximate surface area is 79.3 Å². The lowest BCUT2D eigenvalue weighted by Gasteiger charge is -2.35. The molecule has 0 radical (unpaired) electrons. The molecule has 0 spiro atoms. The average molecular weight is 183 g/mol. The van der Waals surface area contributed by atoms with E-state index in [1.54, 1.807) is 0 Å². The Balaban J connectivity index is 2.75. The third-order valence-electron chi connectivity index (χ3n) is 3.04. The van der Waals surface area contributed by atoms with Crippen LogP contribution < -0.4 is 0 Å². The van der Waals surface area contributed by atoms with E-state index in [1.165, 1.54) is 0 Å². The van der Waals surface area contributed by atoms with E-state index in [2.05, 4.69) is 19.9 Å². The summed E-state index contributed by atoms with van der Waals surface area (Å²) >= 11 is 0. The number of hydrogen-bond acceptors (Lipinski definition) is 3. The summed E-state index contributed by atoms with van der Waals surface area (Å²) in [5.41, 5.74) is -0.757. The van der Waals surface area contributed by atoms with Gasteiger partial charge in [-0.3, -0.25) is 0 Å². The molecule has 0 aromatic rings. The molecule has 3 nitrogen and oxygen atoms in total. The molecule has 0 amide bonds. The SMILES string of the molecule is CC1(C)CCCC1(C#N)OCCO. The van der Waals surface area contributed by atoms with Crippen molar-refractivity contribution in [1.82, 2.24) is 0 Å². The Morgan fingerprint density at radius 1 is 1.46 bits per heavy atom. The van der Waals surface area contributed by atoms with Crippen LogP contribution in [0.25, 0.3) is 0 Å². The molecule has 74 valence electrons. The normalized spacial score (nSPS) is 31.5. The van der Waals surface area contributed by atoms with Gasteiger partial charge >= 0.3 is 0 Å². The minimum absolute atomic E-state index is 0.0144. The van der Waals surface area contributed by atoms with Gasteiger partial charge in [-0.1, -0.05) is 13.8 Å². The molecule has 13 heavy (non-hydrogen) atoms. The van der Waals surface area contributed by atoms with Gasteiger partial charge in [0.2, 0.25) is 0 Å². The van der Waals surface area contributed by atoms with Crippen molar-refractivity contribution in [2.24, 2.45) is 5.41 Å². The zero-order chi connectivity index (χ0) is 9.95. The minimum atomic E-state index is -0.671. The summed E-state index contributed by atoms with van der Waals surface area (Å²) in [4.78, 5) is 0. The Kier molecular flexibility index (Phi) is 2.94. The van der Waals surface area contributed by atoms with Crippen molar-refractivity contribution in [2.75, 3.05) is 13.2 Å². The molecule has 1 aliphatic carbocycles. The summed E-state index contributed by atoms with van der Waals surface area (Å²) < 4.78 is 5.49. The van der Waals surface area contributed by atoms with Crippen LogP contribution in [0.4, 0.5) is 0 Å². The first kappa shape index (κ1) is 10.5. The summed E-state index contributed by atoms with van der Waals surface area (Å²) in [6.45, 7) is 4.36. The number of nitrogens with zero attached hydrogens (tertiary/aromatic N) is 1. The molecule has 0 aromatic heterocycles. The van der Waals surface area contributed by atoms with Crippen LogP contribution in [0, 0.1) is 16.7 Å². The van der Waals surface area contributed by atoms with Crippen molar-refractivity contribution >= 4 is 0 Å². The maximum absolute atomic E-state index is 9.12. The summed E-state index contributed by atoms with van der Waals surface area (Å²) in [7, 11) is 0. The fourth-order valence-electron chi connectivity index (χ4n) is 2.05. The molecule has 0 saturated heterocycles. The van der Waals surface area contributed by atoms with Crippen LogP contribution >= 0.6 is 0 Å². The fourth-order valence-corrected chi connectivity index (χ4v) is 2.05. The van der Waals surface area contributed by atoms with E-state index < -0.39 is 5.60 Å². The summed E-state index contributed by atoms with van der Waals surface area (Å²) in [5.74, 6) is 0. The van der Waals surface area contributed by atoms with Crippen LogP contribution in [0.3, 0.4) is 0 Å². The lowest BCUT2D eigenvalue weighted by atomic mass is 9.78.